The second-order valence-corrected chi connectivity index (χ2v) is 7.98. The van der Waals surface area contributed by atoms with E-state index < -0.39 is 0 Å². The van der Waals surface area contributed by atoms with E-state index in [4.69, 9.17) is 0 Å². The van der Waals surface area contributed by atoms with Gasteiger partial charge in [0.1, 0.15) is 0 Å². The predicted molar refractivity (Wildman–Crippen MR) is 128 cm³/mol. The fraction of sp³-hybridized carbons (Fsp3) is 0.346. The standard InChI is InChI=1S/C26H34N4.Fe/c1-20-9-7-10-21(2)25(20)28-15-17-30(19-24-13-5-6-14-27-24)18-16-29-26-22(3)11-8-12-23(26)4;/h5-14,28-29H,15-19H2,1-4H3;. The topological polar surface area (TPSA) is 40.2 Å². The number of nitrogens with zero attached hydrogens (tertiary/aromatic N) is 2. The van der Waals surface area contributed by atoms with E-state index in [-0.39, 0.29) is 17.1 Å². The second kappa shape index (κ2) is 12.5. The zero-order valence-corrected chi connectivity index (χ0v) is 20.2. The van der Waals surface area contributed by atoms with Crippen LogP contribution in [0.4, 0.5) is 11.4 Å². The predicted octanol–water partition coefficient (Wildman–Crippen LogP) is 5.34. The van der Waals surface area contributed by atoms with Gasteiger partial charge in [-0.05, 0) is 62.1 Å². The van der Waals surface area contributed by atoms with Crippen LogP contribution in [0, 0.1) is 27.7 Å². The summed E-state index contributed by atoms with van der Waals surface area (Å²) in [6, 6.07) is 19.0. The van der Waals surface area contributed by atoms with Crippen molar-refractivity contribution in [2.24, 2.45) is 0 Å². The molecule has 5 heteroatoms. The minimum Gasteiger partial charge on any atom is -0.383 e. The van der Waals surface area contributed by atoms with E-state index in [1.54, 1.807) is 0 Å². The van der Waals surface area contributed by atoms with Crippen LogP contribution in [0.3, 0.4) is 0 Å². The van der Waals surface area contributed by atoms with Crippen LogP contribution < -0.4 is 10.6 Å². The number of aromatic nitrogens is 1. The van der Waals surface area contributed by atoms with Gasteiger partial charge in [0.25, 0.3) is 0 Å². The molecular formula is C26H34FeN4. The summed E-state index contributed by atoms with van der Waals surface area (Å²) in [4.78, 5) is 6.99. The van der Waals surface area contributed by atoms with E-state index in [2.05, 4.69) is 96.7 Å². The molecule has 2 aromatic carbocycles. The number of aryl methyl sites for hydroxylation is 4. The SMILES string of the molecule is Cc1cccc(C)c1NCCN(CCNc1c(C)cccc1C)Cc1ccccn1.[Fe]. The molecule has 2 N–H and O–H groups in total. The Labute approximate surface area is 198 Å². The summed E-state index contributed by atoms with van der Waals surface area (Å²) in [6.07, 6.45) is 1.87. The molecule has 3 aromatic rings. The van der Waals surface area contributed by atoms with Crippen LogP contribution in [0.2, 0.25) is 0 Å². The molecule has 0 unspecified atom stereocenters. The van der Waals surface area contributed by atoms with Crippen LogP contribution in [0.1, 0.15) is 27.9 Å². The first-order valence-electron chi connectivity index (χ1n) is 10.8. The van der Waals surface area contributed by atoms with Crippen LogP contribution in [0.5, 0.6) is 0 Å². The molecule has 1 heterocycles. The Hall–Kier alpha value is -2.33. The van der Waals surface area contributed by atoms with Gasteiger partial charge >= 0.3 is 0 Å². The smallest absolute Gasteiger partial charge is 0.0543 e. The number of pyridine rings is 1. The van der Waals surface area contributed by atoms with Crippen molar-refractivity contribution in [3.8, 4) is 0 Å². The van der Waals surface area contributed by atoms with Gasteiger partial charge in [0.15, 0.2) is 0 Å². The van der Waals surface area contributed by atoms with Crippen molar-refractivity contribution in [2.75, 3.05) is 36.8 Å². The fourth-order valence-corrected chi connectivity index (χ4v) is 3.86. The average molecular weight is 458 g/mol. The zero-order valence-electron chi connectivity index (χ0n) is 19.1. The van der Waals surface area contributed by atoms with Gasteiger partial charge in [-0.2, -0.15) is 0 Å². The Bertz CT molecular complexity index is 845. The molecule has 0 aliphatic heterocycles. The van der Waals surface area contributed by atoms with Gasteiger partial charge < -0.3 is 10.6 Å². The van der Waals surface area contributed by atoms with E-state index in [0.717, 1.165) is 38.4 Å². The molecule has 0 fully saturated rings. The molecule has 0 saturated carbocycles. The Morgan fingerprint density at radius 2 is 1.16 bits per heavy atom. The molecule has 3 rings (SSSR count). The molecule has 0 aliphatic carbocycles. The molecule has 0 radical (unpaired) electrons. The Morgan fingerprint density at radius 3 is 1.58 bits per heavy atom. The third-order valence-electron chi connectivity index (χ3n) is 5.53. The summed E-state index contributed by atoms with van der Waals surface area (Å²) in [7, 11) is 0. The number of anilines is 2. The van der Waals surface area contributed by atoms with Crippen molar-refractivity contribution in [2.45, 2.75) is 34.2 Å². The summed E-state index contributed by atoms with van der Waals surface area (Å²) >= 11 is 0. The van der Waals surface area contributed by atoms with Gasteiger partial charge in [0, 0.05) is 67.4 Å². The number of para-hydroxylation sites is 2. The summed E-state index contributed by atoms with van der Waals surface area (Å²) in [5.74, 6) is 0. The van der Waals surface area contributed by atoms with E-state index in [9.17, 15) is 0 Å². The quantitative estimate of drug-likeness (QED) is 0.403. The third kappa shape index (κ3) is 7.39. The van der Waals surface area contributed by atoms with Gasteiger partial charge in [-0.25, -0.2) is 0 Å². The summed E-state index contributed by atoms with van der Waals surface area (Å²) < 4.78 is 0. The van der Waals surface area contributed by atoms with Gasteiger partial charge in [-0.3, -0.25) is 9.88 Å². The van der Waals surface area contributed by atoms with Crippen molar-refractivity contribution < 1.29 is 17.1 Å². The van der Waals surface area contributed by atoms with Gasteiger partial charge in [0.05, 0.1) is 5.69 Å². The van der Waals surface area contributed by atoms with Crippen molar-refractivity contribution in [3.63, 3.8) is 0 Å². The third-order valence-corrected chi connectivity index (χ3v) is 5.53. The minimum absolute atomic E-state index is 0. The molecule has 31 heavy (non-hydrogen) atoms. The molecule has 4 nitrogen and oxygen atoms in total. The van der Waals surface area contributed by atoms with Crippen molar-refractivity contribution in [3.05, 3.63) is 88.7 Å². The molecule has 1 aromatic heterocycles. The maximum absolute atomic E-state index is 4.53. The molecule has 0 saturated heterocycles. The van der Waals surface area contributed by atoms with Crippen LogP contribution in [-0.4, -0.2) is 36.1 Å². The normalized spacial score (nSPS) is 10.6. The monoisotopic (exact) mass is 458 g/mol. The van der Waals surface area contributed by atoms with Crippen LogP contribution in [-0.2, 0) is 23.6 Å². The van der Waals surface area contributed by atoms with Crippen molar-refractivity contribution in [1.82, 2.24) is 9.88 Å². The number of benzene rings is 2. The minimum atomic E-state index is 0. The fourth-order valence-electron chi connectivity index (χ4n) is 3.86. The molecule has 0 atom stereocenters. The van der Waals surface area contributed by atoms with E-state index in [0.29, 0.717) is 0 Å². The average Bonchev–Trinajstić information content (AvgIpc) is 2.73. The summed E-state index contributed by atoms with van der Waals surface area (Å²) in [5, 5.41) is 7.28. The van der Waals surface area contributed by atoms with Gasteiger partial charge in [0.2, 0.25) is 0 Å². The zero-order chi connectivity index (χ0) is 21.3. The first-order valence-corrected chi connectivity index (χ1v) is 10.8. The molecule has 0 amide bonds. The Balaban J connectivity index is 0.00000341. The molecule has 166 valence electrons. The molecule has 0 spiro atoms. The maximum atomic E-state index is 4.53. The van der Waals surface area contributed by atoms with Crippen LogP contribution >= 0.6 is 0 Å². The van der Waals surface area contributed by atoms with Crippen molar-refractivity contribution >= 4 is 11.4 Å². The second-order valence-electron chi connectivity index (χ2n) is 7.98. The molecular weight excluding hydrogens is 424 g/mol. The maximum Gasteiger partial charge on any atom is 0.0543 e. The van der Waals surface area contributed by atoms with Crippen molar-refractivity contribution in [1.29, 1.82) is 0 Å². The van der Waals surface area contributed by atoms with Crippen LogP contribution in [0.15, 0.2) is 60.8 Å². The first-order chi connectivity index (χ1) is 14.5. The number of rotatable bonds is 10. The Kier molecular flexibility index (Phi) is 10.1. The molecule has 0 bridgehead atoms. The summed E-state index contributed by atoms with van der Waals surface area (Å²) in [6.45, 7) is 13.2. The van der Waals surface area contributed by atoms with Gasteiger partial charge in [-0.15, -0.1) is 0 Å². The molecule has 0 aliphatic rings. The first kappa shape index (κ1) is 24.9. The van der Waals surface area contributed by atoms with E-state index in [1.807, 2.05) is 12.3 Å². The van der Waals surface area contributed by atoms with Crippen LogP contribution in [0.25, 0.3) is 0 Å². The van der Waals surface area contributed by atoms with Gasteiger partial charge in [-0.1, -0.05) is 42.5 Å². The number of hydrogen-bond acceptors (Lipinski definition) is 4. The number of nitrogens with one attached hydrogen (secondary N) is 2. The largest absolute Gasteiger partial charge is 0.383 e. The van der Waals surface area contributed by atoms with E-state index in [1.165, 1.54) is 33.6 Å². The van der Waals surface area contributed by atoms with E-state index >= 15 is 0 Å². The number of hydrogen-bond donors (Lipinski definition) is 2. The summed E-state index contributed by atoms with van der Waals surface area (Å²) in [5.41, 5.74) is 8.79. The Morgan fingerprint density at radius 1 is 0.677 bits per heavy atom.